The van der Waals surface area contributed by atoms with E-state index in [1.54, 1.807) is 17.0 Å². The molecule has 2 aliphatic heterocycles. The molecule has 24 heavy (non-hydrogen) atoms. The predicted octanol–water partition coefficient (Wildman–Crippen LogP) is 2.81. The maximum Gasteiger partial charge on any atom is 0.332 e. The highest BCUT2D eigenvalue weighted by Gasteiger charge is 2.57. The Balaban J connectivity index is 1.69. The van der Waals surface area contributed by atoms with Gasteiger partial charge in [0, 0.05) is 16.7 Å². The van der Waals surface area contributed by atoms with E-state index in [-0.39, 0.29) is 29.9 Å². The van der Waals surface area contributed by atoms with Crippen molar-refractivity contribution in [2.75, 3.05) is 4.90 Å². The van der Waals surface area contributed by atoms with Crippen molar-refractivity contribution >= 4 is 28.4 Å². The van der Waals surface area contributed by atoms with Crippen molar-refractivity contribution in [2.45, 2.75) is 18.5 Å². The number of rotatable bonds is 1. The SMILES string of the molecule is N#Cc1ccc(N2C(=O)[C@H]3C4C=CC(C4)N3C2=O)c2ccccc12. The Kier molecular flexibility index (Phi) is 2.47. The number of hydrogen-bond donors (Lipinski definition) is 0. The second-order valence-corrected chi connectivity index (χ2v) is 6.45. The zero-order chi connectivity index (χ0) is 16.4. The minimum absolute atomic E-state index is 0.0334. The number of nitrogens with zero attached hydrogens (tertiary/aromatic N) is 3. The first kappa shape index (κ1) is 13.3. The molecular formula is C19H13N3O2. The third kappa shape index (κ3) is 1.48. The summed E-state index contributed by atoms with van der Waals surface area (Å²) in [6, 6.07) is 12.3. The molecule has 2 heterocycles. The number of urea groups is 1. The molecule has 0 saturated carbocycles. The first-order valence-corrected chi connectivity index (χ1v) is 7.97. The Morgan fingerprint density at radius 1 is 1.04 bits per heavy atom. The summed E-state index contributed by atoms with van der Waals surface area (Å²) in [4.78, 5) is 28.9. The lowest BCUT2D eigenvalue weighted by Gasteiger charge is -2.22. The molecule has 5 heteroatoms. The van der Waals surface area contributed by atoms with Gasteiger partial charge in [-0.3, -0.25) is 4.79 Å². The predicted molar refractivity (Wildman–Crippen MR) is 88.2 cm³/mol. The molecule has 2 aromatic carbocycles. The lowest BCUT2D eigenvalue weighted by molar-refractivity contribution is -0.119. The Morgan fingerprint density at radius 3 is 2.58 bits per heavy atom. The van der Waals surface area contributed by atoms with Gasteiger partial charge in [0.25, 0.3) is 5.91 Å². The average Bonchev–Trinajstić information content (AvgIpc) is 3.28. The summed E-state index contributed by atoms with van der Waals surface area (Å²) < 4.78 is 0. The van der Waals surface area contributed by atoms with E-state index in [0.29, 0.717) is 11.3 Å². The topological polar surface area (TPSA) is 64.4 Å². The van der Waals surface area contributed by atoms with E-state index in [1.165, 1.54) is 4.90 Å². The Hall–Kier alpha value is -3.13. The van der Waals surface area contributed by atoms with Crippen LogP contribution in [-0.4, -0.2) is 28.9 Å². The summed E-state index contributed by atoms with van der Waals surface area (Å²) in [6.07, 6.45) is 4.92. The number of fused-ring (bicyclic) bond motifs is 6. The standard InChI is InChI=1S/C19H13N3O2/c20-10-12-6-8-16(15-4-2-1-3-14(12)15)22-18(23)17-11-5-7-13(9-11)21(17)19(22)24/h1-8,11,13,17H,9H2/t11?,13?,17-/m1/s1. The molecule has 2 unspecified atom stereocenters. The monoisotopic (exact) mass is 315 g/mol. The second-order valence-electron chi connectivity index (χ2n) is 6.45. The van der Waals surface area contributed by atoms with Gasteiger partial charge >= 0.3 is 6.03 Å². The summed E-state index contributed by atoms with van der Waals surface area (Å²) in [5.74, 6) is -0.0344. The van der Waals surface area contributed by atoms with Crippen molar-refractivity contribution in [3.8, 4) is 6.07 Å². The van der Waals surface area contributed by atoms with Gasteiger partial charge in [0.05, 0.1) is 23.4 Å². The molecule has 5 rings (SSSR count). The van der Waals surface area contributed by atoms with Crippen LogP contribution in [0.15, 0.2) is 48.6 Å². The van der Waals surface area contributed by atoms with E-state index >= 15 is 0 Å². The number of carbonyl (C=O) groups excluding carboxylic acids is 2. The van der Waals surface area contributed by atoms with Crippen LogP contribution in [-0.2, 0) is 4.79 Å². The Labute approximate surface area is 138 Å². The van der Waals surface area contributed by atoms with Crippen molar-refractivity contribution in [1.29, 1.82) is 5.26 Å². The lowest BCUT2D eigenvalue weighted by Crippen LogP contribution is -2.38. The van der Waals surface area contributed by atoms with Crippen LogP contribution in [0.25, 0.3) is 10.8 Å². The zero-order valence-corrected chi connectivity index (χ0v) is 12.7. The number of hydrogen-bond acceptors (Lipinski definition) is 3. The van der Waals surface area contributed by atoms with Crippen LogP contribution in [0.3, 0.4) is 0 Å². The highest BCUT2D eigenvalue weighted by atomic mass is 16.2. The molecule has 116 valence electrons. The summed E-state index contributed by atoms with van der Waals surface area (Å²) in [5.41, 5.74) is 1.10. The number of imide groups is 1. The Morgan fingerprint density at radius 2 is 1.83 bits per heavy atom. The number of nitriles is 1. The third-order valence-electron chi connectivity index (χ3n) is 5.30. The second kappa shape index (κ2) is 4.45. The van der Waals surface area contributed by atoms with Crippen LogP contribution in [0, 0.1) is 17.2 Å². The van der Waals surface area contributed by atoms with E-state index in [2.05, 4.69) is 12.1 Å². The normalized spacial score (nSPS) is 27.2. The van der Waals surface area contributed by atoms with Crippen molar-refractivity contribution in [3.63, 3.8) is 0 Å². The number of amides is 3. The van der Waals surface area contributed by atoms with Gasteiger partial charge in [0.15, 0.2) is 0 Å². The molecule has 0 spiro atoms. The van der Waals surface area contributed by atoms with E-state index in [4.69, 9.17) is 0 Å². The highest BCUT2D eigenvalue weighted by molar-refractivity contribution is 6.25. The number of anilines is 1. The molecule has 0 N–H and O–H groups in total. The molecule has 3 aliphatic rings. The van der Waals surface area contributed by atoms with Crippen molar-refractivity contribution in [3.05, 3.63) is 54.1 Å². The molecule has 0 radical (unpaired) electrons. The van der Waals surface area contributed by atoms with Crippen LogP contribution in [0.4, 0.5) is 10.5 Å². The van der Waals surface area contributed by atoms with E-state index in [0.717, 1.165) is 17.2 Å². The summed E-state index contributed by atoms with van der Waals surface area (Å²) in [6.45, 7) is 0. The van der Waals surface area contributed by atoms with Crippen LogP contribution in [0.5, 0.6) is 0 Å². The molecule has 2 bridgehead atoms. The first-order chi connectivity index (χ1) is 11.7. The minimum atomic E-state index is -0.373. The van der Waals surface area contributed by atoms with Gasteiger partial charge in [0.2, 0.25) is 0 Å². The summed E-state index contributed by atoms with van der Waals surface area (Å²) in [5, 5.41) is 10.8. The first-order valence-electron chi connectivity index (χ1n) is 7.97. The fourth-order valence-electron chi connectivity index (χ4n) is 4.26. The fourth-order valence-corrected chi connectivity index (χ4v) is 4.26. The van der Waals surface area contributed by atoms with Crippen LogP contribution in [0.2, 0.25) is 0 Å². The van der Waals surface area contributed by atoms with Crippen molar-refractivity contribution in [2.24, 2.45) is 5.92 Å². The van der Waals surface area contributed by atoms with Crippen molar-refractivity contribution in [1.82, 2.24) is 4.90 Å². The van der Waals surface area contributed by atoms with Gasteiger partial charge in [-0.1, -0.05) is 36.4 Å². The fraction of sp³-hybridized carbons (Fsp3) is 0.211. The van der Waals surface area contributed by atoms with E-state index in [9.17, 15) is 14.9 Å². The highest BCUT2D eigenvalue weighted by Crippen LogP contribution is 2.44. The number of benzene rings is 2. The maximum atomic E-state index is 13.0. The van der Waals surface area contributed by atoms with Crippen molar-refractivity contribution < 1.29 is 9.59 Å². The van der Waals surface area contributed by atoms with Crippen LogP contribution in [0.1, 0.15) is 12.0 Å². The average molecular weight is 315 g/mol. The molecule has 5 nitrogen and oxygen atoms in total. The smallest absolute Gasteiger partial charge is 0.305 e. The summed E-state index contributed by atoms with van der Waals surface area (Å²) >= 11 is 0. The van der Waals surface area contributed by atoms with Gasteiger partial charge in [-0.25, -0.2) is 9.69 Å². The van der Waals surface area contributed by atoms with Gasteiger partial charge in [-0.15, -0.1) is 0 Å². The third-order valence-corrected chi connectivity index (χ3v) is 5.30. The van der Waals surface area contributed by atoms with Gasteiger partial charge in [0.1, 0.15) is 6.04 Å². The van der Waals surface area contributed by atoms with Gasteiger partial charge in [-0.2, -0.15) is 5.26 Å². The van der Waals surface area contributed by atoms with Gasteiger partial charge < -0.3 is 4.90 Å². The maximum absolute atomic E-state index is 13.0. The molecule has 2 saturated heterocycles. The molecule has 2 fully saturated rings. The van der Waals surface area contributed by atoms with Crippen LogP contribution < -0.4 is 4.90 Å². The Bertz CT molecular complexity index is 958. The lowest BCUT2D eigenvalue weighted by atomic mass is 10.0. The minimum Gasteiger partial charge on any atom is -0.305 e. The summed E-state index contributed by atoms with van der Waals surface area (Å²) in [7, 11) is 0. The van der Waals surface area contributed by atoms with Crippen LogP contribution >= 0.6 is 0 Å². The molecule has 3 atom stereocenters. The molecule has 1 aliphatic carbocycles. The molecular weight excluding hydrogens is 302 g/mol. The largest absolute Gasteiger partial charge is 0.332 e. The molecule has 3 amide bonds. The zero-order valence-electron chi connectivity index (χ0n) is 12.7. The molecule has 0 aromatic heterocycles. The van der Waals surface area contributed by atoms with Gasteiger partial charge in [-0.05, 0) is 18.6 Å². The molecule has 2 aromatic rings. The van der Waals surface area contributed by atoms with E-state index < -0.39 is 0 Å². The quantitative estimate of drug-likeness (QED) is 0.600. The number of carbonyl (C=O) groups is 2. The van der Waals surface area contributed by atoms with E-state index in [1.807, 2.05) is 30.3 Å².